The highest BCUT2D eigenvalue weighted by atomic mass is 15.0. The molecule has 2 aliphatic rings. The molecule has 1 saturated carbocycles. The van der Waals surface area contributed by atoms with E-state index in [1.807, 2.05) is 0 Å². The number of aliphatic imine (C=N–C) groups is 2. The smallest absolute Gasteiger partial charge is 0.186 e. The van der Waals surface area contributed by atoms with E-state index in [0.29, 0.717) is 6.54 Å². The molecule has 1 spiro atoms. The Morgan fingerprint density at radius 1 is 1.10 bits per heavy atom. The first-order valence-corrected chi connectivity index (χ1v) is 6.73. The van der Waals surface area contributed by atoms with E-state index in [4.69, 9.17) is 22.9 Å². The lowest BCUT2D eigenvalue weighted by Gasteiger charge is -2.04. The zero-order valence-corrected chi connectivity index (χ0v) is 11.3. The minimum atomic E-state index is 0.122. The molecule has 6 heteroatoms. The molecular formula is C14H20N6. The van der Waals surface area contributed by atoms with E-state index in [-0.39, 0.29) is 23.4 Å². The summed E-state index contributed by atoms with van der Waals surface area (Å²) in [6.45, 7) is 0.528. The van der Waals surface area contributed by atoms with E-state index in [2.05, 4.69) is 28.2 Å². The second kappa shape index (κ2) is 4.40. The van der Waals surface area contributed by atoms with Crippen molar-refractivity contribution >= 4 is 11.9 Å². The fourth-order valence-electron chi connectivity index (χ4n) is 3.19. The molecular weight excluding hydrogens is 252 g/mol. The van der Waals surface area contributed by atoms with Gasteiger partial charge in [0.1, 0.15) is 0 Å². The van der Waals surface area contributed by atoms with E-state index in [0.717, 1.165) is 24.8 Å². The van der Waals surface area contributed by atoms with Gasteiger partial charge in [-0.25, -0.2) is 9.98 Å². The summed E-state index contributed by atoms with van der Waals surface area (Å²) >= 11 is 0. The third-order valence-electron chi connectivity index (χ3n) is 4.25. The highest BCUT2D eigenvalue weighted by Gasteiger charge is 2.57. The molecule has 1 fully saturated rings. The van der Waals surface area contributed by atoms with Crippen molar-refractivity contribution in [3.05, 3.63) is 34.9 Å². The third kappa shape index (κ3) is 2.29. The van der Waals surface area contributed by atoms with Crippen LogP contribution in [0.15, 0.2) is 28.2 Å². The summed E-state index contributed by atoms with van der Waals surface area (Å²) in [4.78, 5) is 8.35. The number of nitrogens with two attached hydrogens (primary N) is 4. The summed E-state index contributed by atoms with van der Waals surface area (Å²) in [5.41, 5.74) is 25.8. The van der Waals surface area contributed by atoms with Crippen LogP contribution in [0.3, 0.4) is 0 Å². The first kappa shape index (κ1) is 12.8. The number of fused-ring (bicyclic) bond motifs is 1. The highest BCUT2D eigenvalue weighted by Crippen LogP contribution is 2.57. The van der Waals surface area contributed by atoms with Gasteiger partial charge in [-0.15, -0.1) is 0 Å². The molecule has 2 aliphatic carbocycles. The molecule has 20 heavy (non-hydrogen) atoms. The summed E-state index contributed by atoms with van der Waals surface area (Å²) in [6, 6.07) is 6.73. The molecule has 0 heterocycles. The number of benzene rings is 1. The number of hydrogen-bond acceptors (Lipinski definition) is 2. The van der Waals surface area contributed by atoms with Gasteiger partial charge in [-0.3, -0.25) is 0 Å². The lowest BCUT2D eigenvalue weighted by molar-refractivity contribution is 0.524. The largest absolute Gasteiger partial charge is 0.370 e. The lowest BCUT2D eigenvalue weighted by Crippen LogP contribution is -2.24. The Bertz CT molecular complexity index is 598. The third-order valence-corrected chi connectivity index (χ3v) is 4.25. The van der Waals surface area contributed by atoms with Crippen LogP contribution < -0.4 is 22.9 Å². The Hall–Kier alpha value is -2.24. The first-order valence-electron chi connectivity index (χ1n) is 6.73. The van der Waals surface area contributed by atoms with Crippen LogP contribution in [-0.4, -0.2) is 18.0 Å². The van der Waals surface area contributed by atoms with Crippen molar-refractivity contribution < 1.29 is 0 Å². The van der Waals surface area contributed by atoms with Gasteiger partial charge < -0.3 is 22.9 Å². The van der Waals surface area contributed by atoms with Crippen molar-refractivity contribution in [3.8, 4) is 0 Å². The van der Waals surface area contributed by atoms with Crippen molar-refractivity contribution in [2.45, 2.75) is 31.8 Å². The molecule has 0 aliphatic heterocycles. The van der Waals surface area contributed by atoms with Crippen LogP contribution in [0.1, 0.15) is 23.1 Å². The van der Waals surface area contributed by atoms with Crippen LogP contribution in [0, 0.1) is 5.41 Å². The van der Waals surface area contributed by atoms with E-state index in [1.165, 1.54) is 11.1 Å². The number of hydrogen-bond donors (Lipinski definition) is 4. The van der Waals surface area contributed by atoms with Crippen LogP contribution in [0.25, 0.3) is 0 Å². The van der Waals surface area contributed by atoms with Gasteiger partial charge >= 0.3 is 0 Å². The van der Waals surface area contributed by atoms with E-state index in [1.54, 1.807) is 0 Å². The molecule has 0 radical (unpaired) electrons. The monoisotopic (exact) mass is 272 g/mol. The van der Waals surface area contributed by atoms with Gasteiger partial charge in [-0.2, -0.15) is 0 Å². The van der Waals surface area contributed by atoms with Crippen molar-refractivity contribution in [1.29, 1.82) is 0 Å². The van der Waals surface area contributed by atoms with Crippen molar-refractivity contribution in [1.82, 2.24) is 0 Å². The van der Waals surface area contributed by atoms with Crippen LogP contribution >= 0.6 is 0 Å². The minimum absolute atomic E-state index is 0.122. The Morgan fingerprint density at radius 2 is 1.85 bits per heavy atom. The van der Waals surface area contributed by atoms with Crippen LogP contribution in [0.5, 0.6) is 0 Å². The van der Waals surface area contributed by atoms with Crippen molar-refractivity contribution in [3.63, 3.8) is 0 Å². The quantitative estimate of drug-likeness (QED) is 0.440. The molecule has 0 bridgehead atoms. The SMILES string of the molecule is NC(N)=NCc1ccc2c(c1)CC1(C2)CC1N=C(N)N. The summed E-state index contributed by atoms with van der Waals surface area (Å²) in [5, 5.41) is 0. The predicted molar refractivity (Wildman–Crippen MR) is 80.0 cm³/mol. The topological polar surface area (TPSA) is 129 Å². The normalized spacial score (nSPS) is 26.1. The van der Waals surface area contributed by atoms with Crippen LogP contribution in [0.2, 0.25) is 0 Å². The van der Waals surface area contributed by atoms with Crippen LogP contribution in [-0.2, 0) is 19.4 Å². The number of rotatable bonds is 3. The molecule has 2 atom stereocenters. The zero-order chi connectivity index (χ0) is 14.3. The molecule has 2 unspecified atom stereocenters. The van der Waals surface area contributed by atoms with Gasteiger partial charge in [-0.1, -0.05) is 18.2 Å². The first-order chi connectivity index (χ1) is 9.48. The Balaban J connectivity index is 1.75. The molecule has 106 valence electrons. The second-order valence-electron chi connectivity index (χ2n) is 5.83. The highest BCUT2D eigenvalue weighted by molar-refractivity contribution is 5.76. The van der Waals surface area contributed by atoms with Gasteiger partial charge in [-0.05, 0) is 36.0 Å². The van der Waals surface area contributed by atoms with E-state index < -0.39 is 0 Å². The molecule has 0 amide bonds. The maximum absolute atomic E-state index is 5.47. The van der Waals surface area contributed by atoms with Gasteiger partial charge in [0.25, 0.3) is 0 Å². The Kier molecular flexibility index (Phi) is 2.81. The van der Waals surface area contributed by atoms with Gasteiger partial charge in [0.05, 0.1) is 12.6 Å². The summed E-state index contributed by atoms with van der Waals surface area (Å²) in [7, 11) is 0. The minimum Gasteiger partial charge on any atom is -0.370 e. The standard InChI is InChI=1S/C14H20N6/c15-12(16)19-7-8-1-2-9-4-14(5-10(9)3-8)6-11(14)20-13(17)18/h1-3,11H,4-7H2,(H4,15,16,19)(H4,17,18,20). The molecule has 1 aromatic carbocycles. The molecule has 3 rings (SSSR count). The van der Waals surface area contributed by atoms with Gasteiger partial charge in [0.2, 0.25) is 0 Å². The van der Waals surface area contributed by atoms with E-state index in [9.17, 15) is 0 Å². The predicted octanol–water partition coefficient (Wildman–Crippen LogP) is -0.409. The molecule has 0 aromatic heterocycles. The average molecular weight is 272 g/mol. The van der Waals surface area contributed by atoms with Crippen molar-refractivity contribution in [2.24, 2.45) is 38.3 Å². The fraction of sp³-hybridized carbons (Fsp3) is 0.429. The molecule has 0 saturated heterocycles. The Morgan fingerprint density at radius 3 is 2.55 bits per heavy atom. The van der Waals surface area contributed by atoms with Gasteiger partial charge in [0.15, 0.2) is 11.9 Å². The fourth-order valence-corrected chi connectivity index (χ4v) is 3.19. The maximum Gasteiger partial charge on any atom is 0.186 e. The molecule has 1 aromatic rings. The number of guanidine groups is 2. The van der Waals surface area contributed by atoms with Crippen molar-refractivity contribution in [2.75, 3.05) is 0 Å². The summed E-state index contributed by atoms with van der Waals surface area (Å²) < 4.78 is 0. The maximum atomic E-state index is 5.47. The van der Waals surface area contributed by atoms with Gasteiger partial charge in [0, 0.05) is 5.41 Å². The average Bonchev–Trinajstić information content (AvgIpc) is 2.85. The molecule has 6 nitrogen and oxygen atoms in total. The van der Waals surface area contributed by atoms with Crippen LogP contribution in [0.4, 0.5) is 0 Å². The Labute approximate surface area is 117 Å². The zero-order valence-electron chi connectivity index (χ0n) is 11.3. The van der Waals surface area contributed by atoms with E-state index >= 15 is 0 Å². The number of nitrogens with zero attached hydrogens (tertiary/aromatic N) is 2. The summed E-state index contributed by atoms with van der Waals surface area (Å²) in [6.07, 6.45) is 3.18. The lowest BCUT2D eigenvalue weighted by atomic mass is 10.0. The summed E-state index contributed by atoms with van der Waals surface area (Å²) in [5.74, 6) is 0.313. The molecule has 8 N–H and O–H groups in total. The second-order valence-corrected chi connectivity index (χ2v) is 5.83.